The van der Waals surface area contributed by atoms with E-state index in [0.29, 0.717) is 10.9 Å². The molecule has 11 heteroatoms. The average Bonchev–Trinajstić information content (AvgIpc) is 3.56. The number of para-hydroxylation sites is 1. The predicted molar refractivity (Wildman–Crippen MR) is 158 cm³/mol. The maximum Gasteiger partial charge on any atom is 0.416 e. The lowest BCUT2D eigenvalue weighted by Gasteiger charge is -2.28. The van der Waals surface area contributed by atoms with Crippen LogP contribution in [0.15, 0.2) is 85.1 Å². The van der Waals surface area contributed by atoms with Crippen LogP contribution < -0.4 is 5.32 Å². The van der Waals surface area contributed by atoms with E-state index in [1.54, 1.807) is 37.0 Å². The zero-order chi connectivity index (χ0) is 31.6. The maximum absolute atomic E-state index is 13.7. The summed E-state index contributed by atoms with van der Waals surface area (Å²) in [4.78, 5) is 43.9. The molecule has 2 N–H and O–H groups in total. The Morgan fingerprint density at radius 3 is 2.41 bits per heavy atom. The Bertz CT molecular complexity index is 1670. The molecule has 44 heavy (non-hydrogen) atoms. The van der Waals surface area contributed by atoms with Gasteiger partial charge < -0.3 is 24.8 Å². The summed E-state index contributed by atoms with van der Waals surface area (Å²) >= 11 is 0. The number of aromatic nitrogens is 1. The first-order valence-electron chi connectivity index (χ1n) is 14.2. The number of nitrogens with one attached hydrogen (secondary N) is 1. The van der Waals surface area contributed by atoms with Crippen LogP contribution in [0.5, 0.6) is 0 Å². The Hall–Kier alpha value is -4.64. The SMILES string of the molecule is CN(Cc1ccccc1)C(=O)[C@H](Cc1cccc(C(F)(F)F)c1)NC(=O)[C@@H]1C[C@@H](O)CN1C(=O)c1cn(C)c2ccccc12. The number of fused-ring (bicyclic) bond motifs is 1. The zero-order valence-corrected chi connectivity index (χ0v) is 24.3. The molecule has 4 aromatic rings. The highest BCUT2D eigenvalue weighted by molar-refractivity contribution is 6.08. The zero-order valence-electron chi connectivity index (χ0n) is 24.3. The summed E-state index contributed by atoms with van der Waals surface area (Å²) in [5, 5.41) is 13.9. The first kappa shape index (κ1) is 30.8. The average molecular weight is 607 g/mol. The molecule has 0 saturated carbocycles. The Balaban J connectivity index is 1.41. The largest absolute Gasteiger partial charge is 0.416 e. The molecule has 5 rings (SSSR count). The highest BCUT2D eigenvalue weighted by Gasteiger charge is 2.41. The number of hydrogen-bond donors (Lipinski definition) is 2. The molecule has 1 aliphatic heterocycles. The van der Waals surface area contributed by atoms with Crippen molar-refractivity contribution >= 4 is 28.6 Å². The van der Waals surface area contributed by atoms with Gasteiger partial charge in [-0.15, -0.1) is 0 Å². The van der Waals surface area contributed by atoms with E-state index in [1.165, 1.54) is 21.9 Å². The molecule has 1 aliphatic rings. The number of alkyl halides is 3. The normalized spacial score (nSPS) is 17.5. The van der Waals surface area contributed by atoms with Gasteiger partial charge in [-0.2, -0.15) is 13.2 Å². The highest BCUT2D eigenvalue weighted by Crippen LogP contribution is 2.30. The number of amides is 3. The van der Waals surface area contributed by atoms with Gasteiger partial charge in [0.2, 0.25) is 11.8 Å². The molecule has 3 atom stereocenters. The van der Waals surface area contributed by atoms with Crippen molar-refractivity contribution in [2.45, 2.75) is 43.8 Å². The summed E-state index contributed by atoms with van der Waals surface area (Å²) in [6.45, 7) is 0.128. The van der Waals surface area contributed by atoms with Gasteiger partial charge in [0.25, 0.3) is 5.91 Å². The Morgan fingerprint density at radius 1 is 1.00 bits per heavy atom. The van der Waals surface area contributed by atoms with Gasteiger partial charge >= 0.3 is 6.18 Å². The molecule has 0 bridgehead atoms. The Labute approximate surface area is 252 Å². The van der Waals surface area contributed by atoms with Crippen LogP contribution in [0.2, 0.25) is 0 Å². The van der Waals surface area contributed by atoms with Gasteiger partial charge in [-0.3, -0.25) is 14.4 Å². The van der Waals surface area contributed by atoms with Crippen LogP contribution in [0.3, 0.4) is 0 Å². The fourth-order valence-corrected chi connectivity index (χ4v) is 5.73. The Morgan fingerprint density at radius 2 is 1.68 bits per heavy atom. The second kappa shape index (κ2) is 12.5. The summed E-state index contributed by atoms with van der Waals surface area (Å²) in [5.41, 5.74) is 1.37. The number of nitrogens with zero attached hydrogens (tertiary/aromatic N) is 3. The molecule has 0 aliphatic carbocycles. The van der Waals surface area contributed by atoms with E-state index in [1.807, 2.05) is 42.5 Å². The topological polar surface area (TPSA) is 94.9 Å². The van der Waals surface area contributed by atoms with E-state index in [-0.39, 0.29) is 31.5 Å². The highest BCUT2D eigenvalue weighted by atomic mass is 19.4. The molecular formula is C33H33F3N4O4. The molecule has 0 unspecified atom stereocenters. The van der Waals surface area contributed by atoms with E-state index < -0.39 is 47.6 Å². The summed E-state index contributed by atoms with van der Waals surface area (Å²) in [7, 11) is 3.36. The lowest BCUT2D eigenvalue weighted by molar-refractivity contribution is -0.137. The third-order valence-electron chi connectivity index (χ3n) is 7.92. The monoisotopic (exact) mass is 606 g/mol. The smallest absolute Gasteiger partial charge is 0.391 e. The van der Waals surface area contributed by atoms with E-state index in [9.17, 15) is 32.7 Å². The summed E-state index contributed by atoms with van der Waals surface area (Å²) in [6.07, 6.45) is -4.13. The summed E-state index contributed by atoms with van der Waals surface area (Å²) in [5.74, 6) is -1.63. The molecule has 0 radical (unpaired) electrons. The third kappa shape index (κ3) is 6.62. The van der Waals surface area contributed by atoms with E-state index in [4.69, 9.17) is 0 Å². The minimum atomic E-state index is -4.58. The number of rotatable bonds is 8. The van der Waals surface area contributed by atoms with Gasteiger partial charge in [0, 0.05) is 57.1 Å². The second-order valence-electron chi connectivity index (χ2n) is 11.2. The van der Waals surface area contributed by atoms with E-state index in [2.05, 4.69) is 5.32 Å². The van der Waals surface area contributed by atoms with Crippen LogP contribution in [0, 0.1) is 0 Å². The number of likely N-dealkylation sites (tertiary alicyclic amines) is 1. The van der Waals surface area contributed by atoms with Crippen molar-refractivity contribution in [2.75, 3.05) is 13.6 Å². The van der Waals surface area contributed by atoms with Gasteiger partial charge in [0.1, 0.15) is 12.1 Å². The number of aliphatic hydroxyl groups excluding tert-OH is 1. The molecular weight excluding hydrogens is 573 g/mol. The van der Waals surface area contributed by atoms with Crippen LogP contribution >= 0.6 is 0 Å². The first-order chi connectivity index (χ1) is 20.9. The molecule has 2 heterocycles. The fourth-order valence-electron chi connectivity index (χ4n) is 5.73. The van der Waals surface area contributed by atoms with Crippen LogP contribution in [-0.2, 0) is 35.8 Å². The molecule has 3 aromatic carbocycles. The van der Waals surface area contributed by atoms with Crippen molar-refractivity contribution < 1.29 is 32.7 Å². The number of aliphatic hydroxyl groups is 1. The van der Waals surface area contributed by atoms with Gasteiger partial charge in [-0.25, -0.2) is 0 Å². The first-order valence-corrected chi connectivity index (χ1v) is 14.2. The Kier molecular flexibility index (Phi) is 8.78. The number of likely N-dealkylation sites (N-methyl/N-ethyl adjacent to an activating group) is 1. The molecule has 3 amide bonds. The molecule has 8 nitrogen and oxygen atoms in total. The minimum Gasteiger partial charge on any atom is -0.391 e. The van der Waals surface area contributed by atoms with Crippen LogP contribution in [-0.4, -0.2) is 69.0 Å². The van der Waals surface area contributed by atoms with Crippen molar-refractivity contribution in [2.24, 2.45) is 7.05 Å². The molecule has 1 aromatic heterocycles. The van der Waals surface area contributed by atoms with Gasteiger partial charge in [0.15, 0.2) is 0 Å². The van der Waals surface area contributed by atoms with Crippen LogP contribution in [0.1, 0.15) is 33.5 Å². The van der Waals surface area contributed by atoms with Gasteiger partial charge in [-0.05, 0) is 23.3 Å². The lowest BCUT2D eigenvalue weighted by Crippen LogP contribution is -2.54. The van der Waals surface area contributed by atoms with Gasteiger partial charge in [0.05, 0.1) is 17.2 Å². The van der Waals surface area contributed by atoms with Crippen molar-refractivity contribution in [3.05, 3.63) is 107 Å². The number of aryl methyl sites for hydroxylation is 1. The second-order valence-corrected chi connectivity index (χ2v) is 11.2. The lowest BCUT2D eigenvalue weighted by atomic mass is 10.0. The molecule has 1 fully saturated rings. The van der Waals surface area contributed by atoms with Crippen molar-refractivity contribution in [3.8, 4) is 0 Å². The number of β-amino-alcohol motifs (C(OH)–C–C–N with tert-alkyl or cyclic N) is 1. The van der Waals surface area contributed by atoms with Crippen LogP contribution in [0.4, 0.5) is 13.2 Å². The van der Waals surface area contributed by atoms with E-state index >= 15 is 0 Å². The summed E-state index contributed by atoms with van der Waals surface area (Å²) in [6, 6.07) is 18.8. The number of benzene rings is 3. The number of halogens is 3. The van der Waals surface area contributed by atoms with Crippen molar-refractivity contribution in [1.29, 1.82) is 0 Å². The maximum atomic E-state index is 13.7. The minimum absolute atomic E-state index is 0.0489. The standard InChI is InChI=1S/C33H33F3N4O4/c1-38-20-26(25-13-6-7-14-28(25)38)31(43)40-19-24(41)17-29(40)30(42)37-27(16-22-11-8-12-23(15-22)33(34,35)36)32(44)39(2)18-21-9-4-3-5-10-21/h3-15,20,24,27,29,41H,16-19H2,1-2H3,(H,37,42)/t24-,27+,29+/m1/s1. The summed E-state index contributed by atoms with van der Waals surface area (Å²) < 4.78 is 42.1. The van der Waals surface area contributed by atoms with Crippen molar-refractivity contribution in [1.82, 2.24) is 19.7 Å². The third-order valence-corrected chi connectivity index (χ3v) is 7.92. The number of hydrogen-bond acceptors (Lipinski definition) is 4. The van der Waals surface area contributed by atoms with E-state index in [0.717, 1.165) is 23.2 Å². The predicted octanol–water partition coefficient (Wildman–Crippen LogP) is 4.16. The van der Waals surface area contributed by atoms with Crippen LogP contribution in [0.25, 0.3) is 10.9 Å². The fraction of sp³-hybridized carbons (Fsp3) is 0.303. The van der Waals surface area contributed by atoms with Gasteiger partial charge in [-0.1, -0.05) is 66.7 Å². The molecule has 0 spiro atoms. The quantitative estimate of drug-likeness (QED) is 0.315. The van der Waals surface area contributed by atoms with Crippen molar-refractivity contribution in [3.63, 3.8) is 0 Å². The number of carbonyl (C=O) groups is 3. The molecule has 1 saturated heterocycles. The number of carbonyl (C=O) groups excluding carboxylic acids is 3. The molecule has 230 valence electrons.